The van der Waals surface area contributed by atoms with E-state index in [-0.39, 0.29) is 5.89 Å². The van der Waals surface area contributed by atoms with Crippen LogP contribution in [0.2, 0.25) is 0 Å². The summed E-state index contributed by atoms with van der Waals surface area (Å²) in [5.74, 6) is 1.16. The number of rotatable bonds is 4. The number of benzene rings is 2. The number of hydrogen-bond acceptors (Lipinski definition) is 5. The van der Waals surface area contributed by atoms with Crippen LogP contribution in [-0.2, 0) is 0 Å². The number of aromatic nitrogens is 3. The van der Waals surface area contributed by atoms with E-state index in [1.165, 1.54) is 0 Å². The van der Waals surface area contributed by atoms with Crippen LogP contribution in [0.1, 0.15) is 22.8 Å². The molecule has 0 saturated heterocycles. The van der Waals surface area contributed by atoms with Crippen LogP contribution in [0.25, 0.3) is 33.8 Å². The molecule has 0 aliphatic carbocycles. The molecule has 0 spiro atoms. The molecule has 0 aliphatic rings. The molecule has 0 aliphatic heterocycles. The van der Waals surface area contributed by atoms with E-state index >= 15 is 0 Å². The Morgan fingerprint density at radius 2 is 1.81 bits per heavy atom. The largest absolute Gasteiger partial charge is 0.415 e. The highest BCUT2D eigenvalue weighted by molar-refractivity contribution is 6.50. The summed E-state index contributed by atoms with van der Waals surface area (Å²) >= 11 is 6.39. The van der Waals surface area contributed by atoms with Crippen LogP contribution in [0.3, 0.4) is 0 Å². The number of hydrogen-bond donors (Lipinski definition) is 0. The van der Waals surface area contributed by atoms with Crippen molar-refractivity contribution in [2.24, 2.45) is 0 Å². The maximum absolute atomic E-state index is 6.39. The molecule has 5 nitrogen and oxygen atoms in total. The molecule has 0 fully saturated rings. The summed E-state index contributed by atoms with van der Waals surface area (Å²) in [6.45, 7) is 3.83. The monoisotopic (exact) mass is 377 g/mol. The topological polar surface area (TPSA) is 65.0 Å². The fourth-order valence-electron chi connectivity index (χ4n) is 2.81. The van der Waals surface area contributed by atoms with Crippen molar-refractivity contribution in [1.29, 1.82) is 0 Å². The lowest BCUT2D eigenvalue weighted by atomic mass is 10.1. The van der Waals surface area contributed by atoms with Gasteiger partial charge < -0.3 is 8.94 Å². The van der Waals surface area contributed by atoms with Crippen LogP contribution in [0, 0.1) is 13.8 Å². The fraction of sp³-hybridized carbons (Fsp3) is 0.0952. The van der Waals surface area contributed by atoms with E-state index in [1.54, 1.807) is 6.08 Å². The summed E-state index contributed by atoms with van der Waals surface area (Å²) in [6, 6.07) is 17.7. The zero-order valence-electron chi connectivity index (χ0n) is 14.8. The van der Waals surface area contributed by atoms with Gasteiger partial charge >= 0.3 is 0 Å². The fourth-order valence-corrected chi connectivity index (χ4v) is 3.01. The van der Waals surface area contributed by atoms with Gasteiger partial charge in [-0.15, -0.1) is 10.2 Å². The van der Waals surface area contributed by atoms with Crippen molar-refractivity contribution < 1.29 is 8.94 Å². The average molecular weight is 378 g/mol. The van der Waals surface area contributed by atoms with E-state index in [0.29, 0.717) is 27.9 Å². The second-order valence-electron chi connectivity index (χ2n) is 6.15. The molecular weight excluding hydrogens is 362 g/mol. The maximum atomic E-state index is 6.39. The molecule has 6 heteroatoms. The summed E-state index contributed by atoms with van der Waals surface area (Å²) < 4.78 is 11.2. The molecule has 0 amide bonds. The molecule has 2 heterocycles. The van der Waals surface area contributed by atoms with Gasteiger partial charge in [-0.1, -0.05) is 76.9 Å². The summed E-state index contributed by atoms with van der Waals surface area (Å²) in [6.07, 6.45) is 1.80. The quantitative estimate of drug-likeness (QED) is 0.453. The molecule has 0 saturated carbocycles. The first-order chi connectivity index (χ1) is 13.1. The minimum Gasteiger partial charge on any atom is -0.415 e. The van der Waals surface area contributed by atoms with Crippen LogP contribution in [0.5, 0.6) is 0 Å². The van der Waals surface area contributed by atoms with Crippen LogP contribution < -0.4 is 0 Å². The summed E-state index contributed by atoms with van der Waals surface area (Å²) in [5.41, 5.74) is 4.34. The lowest BCUT2D eigenvalue weighted by molar-refractivity contribution is 0.399. The first-order valence-electron chi connectivity index (χ1n) is 8.41. The molecule has 2 aromatic carbocycles. The van der Waals surface area contributed by atoms with Gasteiger partial charge in [-0.2, -0.15) is 0 Å². The van der Waals surface area contributed by atoms with Gasteiger partial charge in [0, 0.05) is 5.56 Å². The van der Waals surface area contributed by atoms with Gasteiger partial charge in [0.05, 0.1) is 0 Å². The number of nitrogens with zero attached hydrogens (tertiary/aromatic N) is 3. The zero-order chi connectivity index (χ0) is 18.8. The smallest absolute Gasteiger partial charge is 0.259 e. The highest BCUT2D eigenvalue weighted by atomic mass is 35.5. The van der Waals surface area contributed by atoms with Crippen LogP contribution in [0.15, 0.2) is 63.5 Å². The van der Waals surface area contributed by atoms with Crippen molar-refractivity contribution in [3.8, 4) is 22.7 Å². The normalized spacial score (nSPS) is 11.7. The van der Waals surface area contributed by atoms with Crippen LogP contribution in [0.4, 0.5) is 0 Å². The van der Waals surface area contributed by atoms with Crippen molar-refractivity contribution in [3.05, 3.63) is 77.4 Å². The maximum Gasteiger partial charge on any atom is 0.259 e. The summed E-state index contributed by atoms with van der Waals surface area (Å²) in [5, 5.41) is 12.7. The Balaban J connectivity index is 1.71. The van der Waals surface area contributed by atoms with E-state index < -0.39 is 0 Å². The Labute approximate surface area is 161 Å². The third-order valence-electron chi connectivity index (χ3n) is 4.09. The van der Waals surface area contributed by atoms with Gasteiger partial charge in [-0.05, 0) is 25.5 Å². The molecule has 0 N–H and O–H groups in total. The van der Waals surface area contributed by atoms with E-state index in [4.69, 9.17) is 20.5 Å². The Kier molecular flexibility index (Phi) is 4.60. The van der Waals surface area contributed by atoms with E-state index in [9.17, 15) is 0 Å². The van der Waals surface area contributed by atoms with Crippen molar-refractivity contribution >= 4 is 22.7 Å². The molecular formula is C21H16ClN3O2. The summed E-state index contributed by atoms with van der Waals surface area (Å²) in [7, 11) is 0. The van der Waals surface area contributed by atoms with Crippen molar-refractivity contribution in [3.63, 3.8) is 0 Å². The number of halogens is 1. The minimum absolute atomic E-state index is 0.243. The van der Waals surface area contributed by atoms with Gasteiger partial charge in [0.15, 0.2) is 0 Å². The standard InChI is InChI=1S/C21H16ClN3O2/c1-13-7-6-8-15(11-13)12-17(22)20-23-24-21(26-20)18-14(2)27-25-19(18)16-9-4-3-5-10-16/h3-12H,1-2H3/b17-12-. The first-order valence-corrected chi connectivity index (χ1v) is 8.79. The Hall–Kier alpha value is -3.18. The molecule has 4 aromatic rings. The van der Waals surface area contributed by atoms with Gasteiger partial charge in [0.25, 0.3) is 11.8 Å². The molecule has 0 radical (unpaired) electrons. The van der Waals surface area contributed by atoms with Gasteiger partial charge in [-0.25, -0.2) is 0 Å². The van der Waals surface area contributed by atoms with E-state index in [0.717, 1.165) is 16.7 Å². The Morgan fingerprint density at radius 1 is 1.00 bits per heavy atom. The lowest BCUT2D eigenvalue weighted by Gasteiger charge is -1.98. The Bertz CT molecular complexity index is 1110. The molecule has 27 heavy (non-hydrogen) atoms. The van der Waals surface area contributed by atoms with E-state index in [1.807, 2.05) is 68.4 Å². The minimum atomic E-state index is 0.243. The lowest BCUT2D eigenvalue weighted by Crippen LogP contribution is -1.84. The highest BCUT2D eigenvalue weighted by Crippen LogP contribution is 2.34. The SMILES string of the molecule is Cc1cccc(/C=C(\Cl)c2nnc(-c3c(-c4ccccc4)noc3C)o2)c1. The third kappa shape index (κ3) is 3.55. The van der Waals surface area contributed by atoms with Crippen LogP contribution in [-0.4, -0.2) is 15.4 Å². The van der Waals surface area contributed by atoms with E-state index in [2.05, 4.69) is 15.4 Å². The second-order valence-corrected chi connectivity index (χ2v) is 6.55. The summed E-state index contributed by atoms with van der Waals surface area (Å²) in [4.78, 5) is 0. The predicted octanol–water partition coefficient (Wildman–Crippen LogP) is 5.75. The predicted molar refractivity (Wildman–Crippen MR) is 105 cm³/mol. The molecule has 0 unspecified atom stereocenters. The van der Waals surface area contributed by atoms with Crippen molar-refractivity contribution in [2.75, 3.05) is 0 Å². The van der Waals surface area contributed by atoms with Gasteiger partial charge in [0.1, 0.15) is 22.0 Å². The van der Waals surface area contributed by atoms with Crippen molar-refractivity contribution in [2.45, 2.75) is 13.8 Å². The van der Waals surface area contributed by atoms with Gasteiger partial charge in [0.2, 0.25) is 0 Å². The Morgan fingerprint density at radius 3 is 2.59 bits per heavy atom. The molecule has 2 aromatic heterocycles. The average Bonchev–Trinajstić information content (AvgIpc) is 3.29. The van der Waals surface area contributed by atoms with Crippen molar-refractivity contribution in [1.82, 2.24) is 15.4 Å². The second kappa shape index (κ2) is 7.21. The molecule has 0 atom stereocenters. The van der Waals surface area contributed by atoms with Gasteiger partial charge in [-0.3, -0.25) is 0 Å². The molecule has 4 rings (SSSR count). The zero-order valence-corrected chi connectivity index (χ0v) is 15.6. The third-order valence-corrected chi connectivity index (χ3v) is 4.36. The number of aryl methyl sites for hydroxylation is 2. The highest BCUT2D eigenvalue weighted by Gasteiger charge is 2.22. The molecule has 0 bridgehead atoms. The van der Waals surface area contributed by atoms with Crippen LogP contribution >= 0.6 is 11.6 Å². The first kappa shape index (κ1) is 17.2. The molecule has 134 valence electrons.